The molecule has 0 saturated heterocycles. The summed E-state index contributed by atoms with van der Waals surface area (Å²) in [6.45, 7) is 0.632. The number of aromatic nitrogens is 3. The van der Waals surface area contributed by atoms with Crippen molar-refractivity contribution in [3.8, 4) is 0 Å². The van der Waals surface area contributed by atoms with Crippen LogP contribution in [0.1, 0.15) is 31.2 Å². The largest absolute Gasteiger partial charge is 0.391 e. The van der Waals surface area contributed by atoms with Gasteiger partial charge in [0.15, 0.2) is 5.13 Å². The van der Waals surface area contributed by atoms with Crippen LogP contribution in [0.2, 0.25) is 5.15 Å². The minimum Gasteiger partial charge on any atom is -0.391 e. The highest BCUT2D eigenvalue weighted by Crippen LogP contribution is 2.30. The normalized spacial score (nSPS) is 20.2. The number of aliphatic hydroxyl groups excluding tert-OH is 1. The van der Waals surface area contributed by atoms with Gasteiger partial charge in [-0.2, -0.15) is 0 Å². The molecule has 26 heavy (non-hydrogen) atoms. The lowest BCUT2D eigenvalue weighted by Crippen LogP contribution is -2.36. The second-order valence-electron chi connectivity index (χ2n) is 6.50. The summed E-state index contributed by atoms with van der Waals surface area (Å²) in [4.78, 5) is 12.8. The van der Waals surface area contributed by atoms with Crippen molar-refractivity contribution in [3.05, 3.63) is 41.3 Å². The number of anilines is 2. The third-order valence-corrected chi connectivity index (χ3v) is 5.70. The summed E-state index contributed by atoms with van der Waals surface area (Å²) in [5.74, 6) is 0.649. The topological polar surface area (TPSA) is 83.0 Å². The van der Waals surface area contributed by atoms with Gasteiger partial charge in [-0.3, -0.25) is 4.98 Å². The van der Waals surface area contributed by atoms with E-state index < -0.39 is 0 Å². The predicted molar refractivity (Wildman–Crippen MR) is 106 cm³/mol. The molecular formula is C18H20ClN5OS. The molecule has 0 bridgehead atoms. The van der Waals surface area contributed by atoms with Crippen LogP contribution in [-0.2, 0) is 6.54 Å². The van der Waals surface area contributed by atoms with E-state index in [-0.39, 0.29) is 12.1 Å². The zero-order valence-electron chi connectivity index (χ0n) is 14.2. The number of halogens is 1. The van der Waals surface area contributed by atoms with E-state index in [0.29, 0.717) is 17.5 Å². The van der Waals surface area contributed by atoms with E-state index in [9.17, 15) is 5.11 Å². The van der Waals surface area contributed by atoms with Crippen LogP contribution in [-0.4, -0.2) is 32.2 Å². The SMILES string of the molecule is O[C@@H]1CCCC[C@H]1Nc1nc2ccc(CNc3cncc(Cl)n3)cc2s1. The summed E-state index contributed by atoms with van der Waals surface area (Å²) in [5, 5.41) is 18.0. The van der Waals surface area contributed by atoms with Crippen molar-refractivity contribution < 1.29 is 5.11 Å². The zero-order valence-corrected chi connectivity index (χ0v) is 15.7. The molecule has 2 heterocycles. The molecule has 1 fully saturated rings. The first kappa shape index (κ1) is 17.5. The van der Waals surface area contributed by atoms with Gasteiger partial charge in [0.25, 0.3) is 0 Å². The molecule has 3 aromatic rings. The third-order valence-electron chi connectivity index (χ3n) is 4.57. The molecule has 0 radical (unpaired) electrons. The molecule has 1 saturated carbocycles. The third kappa shape index (κ3) is 4.06. The molecule has 0 amide bonds. The van der Waals surface area contributed by atoms with E-state index in [1.807, 2.05) is 12.1 Å². The van der Waals surface area contributed by atoms with E-state index in [0.717, 1.165) is 46.6 Å². The number of nitrogens with one attached hydrogen (secondary N) is 2. The molecule has 0 aliphatic heterocycles. The van der Waals surface area contributed by atoms with E-state index in [4.69, 9.17) is 11.6 Å². The number of nitrogens with zero attached hydrogens (tertiary/aromatic N) is 3. The smallest absolute Gasteiger partial charge is 0.184 e. The number of benzene rings is 1. The van der Waals surface area contributed by atoms with Gasteiger partial charge in [-0.05, 0) is 30.5 Å². The molecule has 4 rings (SSSR count). The minimum absolute atomic E-state index is 0.104. The standard InChI is InChI=1S/C18H20ClN5OS/c19-16-9-20-10-17(24-16)21-8-11-5-6-13-15(7-11)26-18(23-13)22-12-3-1-2-4-14(12)25/h5-7,9-10,12,14,25H,1-4,8H2,(H,21,24)(H,22,23)/t12-,14-/m1/s1. The molecule has 0 spiro atoms. The van der Waals surface area contributed by atoms with Gasteiger partial charge in [-0.1, -0.05) is 41.8 Å². The first-order valence-electron chi connectivity index (χ1n) is 8.73. The maximum atomic E-state index is 10.1. The molecule has 6 nitrogen and oxygen atoms in total. The Kier molecular flexibility index (Phi) is 5.19. The molecule has 3 N–H and O–H groups in total. The lowest BCUT2D eigenvalue weighted by molar-refractivity contribution is 0.116. The number of aliphatic hydroxyl groups is 1. The van der Waals surface area contributed by atoms with Gasteiger partial charge in [0, 0.05) is 6.54 Å². The predicted octanol–water partition coefficient (Wildman–Crippen LogP) is 4.07. The minimum atomic E-state index is -0.283. The summed E-state index contributed by atoms with van der Waals surface area (Å²) in [5.41, 5.74) is 2.10. The van der Waals surface area contributed by atoms with Crippen LogP contribution in [0.25, 0.3) is 10.2 Å². The Labute approximate surface area is 160 Å². The molecule has 2 aromatic heterocycles. The molecule has 1 aliphatic carbocycles. The van der Waals surface area contributed by atoms with Crippen molar-refractivity contribution >= 4 is 44.1 Å². The number of hydrogen-bond acceptors (Lipinski definition) is 7. The fourth-order valence-corrected chi connectivity index (χ4v) is 4.34. The van der Waals surface area contributed by atoms with Crippen molar-refractivity contribution in [3.63, 3.8) is 0 Å². The van der Waals surface area contributed by atoms with Gasteiger partial charge in [-0.25, -0.2) is 9.97 Å². The molecule has 1 aromatic carbocycles. The van der Waals surface area contributed by atoms with Crippen molar-refractivity contribution in [1.29, 1.82) is 0 Å². The Bertz CT molecular complexity index is 902. The highest BCUT2D eigenvalue weighted by atomic mass is 35.5. The number of thiazole rings is 1. The quantitative estimate of drug-likeness (QED) is 0.610. The van der Waals surface area contributed by atoms with Crippen LogP contribution in [0.3, 0.4) is 0 Å². The summed E-state index contributed by atoms with van der Waals surface area (Å²) in [6.07, 6.45) is 6.99. The van der Waals surface area contributed by atoms with E-state index in [1.54, 1.807) is 17.5 Å². The van der Waals surface area contributed by atoms with Gasteiger partial charge >= 0.3 is 0 Å². The number of rotatable bonds is 5. The van der Waals surface area contributed by atoms with Crippen molar-refractivity contribution in [2.24, 2.45) is 0 Å². The Balaban J connectivity index is 1.45. The molecular weight excluding hydrogens is 370 g/mol. The monoisotopic (exact) mass is 389 g/mol. The molecule has 136 valence electrons. The lowest BCUT2D eigenvalue weighted by atomic mass is 9.93. The van der Waals surface area contributed by atoms with Crippen LogP contribution < -0.4 is 10.6 Å². The van der Waals surface area contributed by atoms with Crippen LogP contribution in [0.4, 0.5) is 10.9 Å². The summed E-state index contributed by atoms with van der Waals surface area (Å²) < 4.78 is 1.12. The fourth-order valence-electron chi connectivity index (χ4n) is 3.20. The lowest BCUT2D eigenvalue weighted by Gasteiger charge is -2.27. The first-order valence-corrected chi connectivity index (χ1v) is 9.92. The molecule has 1 aliphatic rings. The van der Waals surface area contributed by atoms with Crippen molar-refractivity contribution in [2.45, 2.75) is 44.4 Å². The second kappa shape index (κ2) is 7.73. The molecule has 8 heteroatoms. The maximum Gasteiger partial charge on any atom is 0.184 e. The Morgan fingerprint density at radius 2 is 2.08 bits per heavy atom. The highest BCUT2D eigenvalue weighted by Gasteiger charge is 2.23. The first-order chi connectivity index (χ1) is 12.7. The van der Waals surface area contributed by atoms with Crippen LogP contribution >= 0.6 is 22.9 Å². The van der Waals surface area contributed by atoms with Crippen molar-refractivity contribution in [2.75, 3.05) is 10.6 Å². The average Bonchev–Trinajstić information content (AvgIpc) is 3.03. The van der Waals surface area contributed by atoms with Gasteiger partial charge in [0.1, 0.15) is 11.0 Å². The van der Waals surface area contributed by atoms with E-state index >= 15 is 0 Å². The fraction of sp³-hybridized carbons (Fsp3) is 0.389. The number of hydrogen-bond donors (Lipinski definition) is 3. The average molecular weight is 390 g/mol. The van der Waals surface area contributed by atoms with Crippen LogP contribution in [0, 0.1) is 0 Å². The van der Waals surface area contributed by atoms with E-state index in [2.05, 4.69) is 31.7 Å². The second-order valence-corrected chi connectivity index (χ2v) is 7.92. The van der Waals surface area contributed by atoms with Gasteiger partial charge in [-0.15, -0.1) is 0 Å². The number of fused-ring (bicyclic) bond motifs is 1. The van der Waals surface area contributed by atoms with Crippen LogP contribution in [0.15, 0.2) is 30.6 Å². The van der Waals surface area contributed by atoms with Gasteiger partial charge in [0.2, 0.25) is 0 Å². The Hall–Kier alpha value is -1.96. The van der Waals surface area contributed by atoms with Crippen molar-refractivity contribution in [1.82, 2.24) is 15.0 Å². The zero-order chi connectivity index (χ0) is 17.9. The molecule has 0 unspecified atom stereocenters. The van der Waals surface area contributed by atoms with Gasteiger partial charge < -0.3 is 15.7 Å². The molecule has 2 atom stereocenters. The highest BCUT2D eigenvalue weighted by molar-refractivity contribution is 7.22. The summed E-state index contributed by atoms with van der Waals surface area (Å²) in [6, 6.07) is 6.30. The Morgan fingerprint density at radius 1 is 1.19 bits per heavy atom. The van der Waals surface area contributed by atoms with E-state index in [1.165, 1.54) is 6.20 Å². The summed E-state index contributed by atoms with van der Waals surface area (Å²) in [7, 11) is 0. The van der Waals surface area contributed by atoms with Gasteiger partial charge in [0.05, 0.1) is 34.8 Å². The summed E-state index contributed by atoms with van der Waals surface area (Å²) >= 11 is 7.47. The maximum absolute atomic E-state index is 10.1. The Morgan fingerprint density at radius 3 is 2.92 bits per heavy atom. The van der Waals surface area contributed by atoms with Crippen LogP contribution in [0.5, 0.6) is 0 Å².